The predicted octanol–water partition coefficient (Wildman–Crippen LogP) is 1.71. The highest BCUT2D eigenvalue weighted by Crippen LogP contribution is 2.31. The quantitative estimate of drug-likeness (QED) is 0.825. The summed E-state index contributed by atoms with van der Waals surface area (Å²) in [5.74, 6) is 0.247. The van der Waals surface area contributed by atoms with E-state index in [2.05, 4.69) is 25.3 Å². The number of fused-ring (bicyclic) bond motifs is 1. The van der Waals surface area contributed by atoms with Gasteiger partial charge in [-0.3, -0.25) is 9.69 Å². The van der Waals surface area contributed by atoms with Crippen molar-refractivity contribution in [3.05, 3.63) is 18.1 Å². The zero-order chi connectivity index (χ0) is 20.6. The smallest absolute Gasteiger partial charge is 0.354 e. The fourth-order valence-electron chi connectivity index (χ4n) is 4.06. The summed E-state index contributed by atoms with van der Waals surface area (Å²) < 4.78 is 40.9. The Hall–Kier alpha value is -2.43. The van der Waals surface area contributed by atoms with Crippen molar-refractivity contribution in [3.63, 3.8) is 0 Å². The fraction of sp³-hybridized carbons (Fsp3) is 0.667. The second-order valence-electron chi connectivity index (χ2n) is 7.66. The van der Waals surface area contributed by atoms with Crippen LogP contribution in [-0.2, 0) is 11.0 Å². The maximum atomic E-state index is 13.2. The second kappa shape index (κ2) is 7.77. The molecule has 0 aromatic carbocycles. The number of carbonyl (C=O) groups is 1. The molecule has 1 amide bonds. The monoisotopic (exact) mass is 411 g/mol. The molecule has 1 N–H and O–H groups in total. The van der Waals surface area contributed by atoms with E-state index >= 15 is 0 Å². The number of rotatable bonds is 4. The van der Waals surface area contributed by atoms with Gasteiger partial charge in [-0.05, 0) is 19.8 Å². The van der Waals surface area contributed by atoms with Crippen LogP contribution in [0.1, 0.15) is 38.3 Å². The summed E-state index contributed by atoms with van der Waals surface area (Å²) in [7, 11) is 0. The summed E-state index contributed by atoms with van der Waals surface area (Å²) in [6, 6.07) is 1.00. The van der Waals surface area contributed by atoms with E-state index in [4.69, 9.17) is 0 Å². The van der Waals surface area contributed by atoms with Crippen LogP contribution in [0.25, 0.3) is 5.78 Å². The summed E-state index contributed by atoms with van der Waals surface area (Å²) in [6.45, 7) is 3.98. The molecule has 1 unspecified atom stereocenters. The fourth-order valence-corrected chi connectivity index (χ4v) is 4.06. The van der Waals surface area contributed by atoms with E-state index in [1.165, 1.54) is 10.8 Å². The Kier molecular flexibility index (Phi) is 5.32. The Morgan fingerprint density at radius 1 is 1.21 bits per heavy atom. The van der Waals surface area contributed by atoms with E-state index in [1.54, 1.807) is 0 Å². The van der Waals surface area contributed by atoms with Gasteiger partial charge in [0.25, 0.3) is 5.78 Å². The molecule has 2 aromatic rings. The van der Waals surface area contributed by atoms with Crippen molar-refractivity contribution in [2.75, 3.05) is 31.1 Å². The van der Waals surface area contributed by atoms with E-state index in [-0.39, 0.29) is 23.8 Å². The number of aromatic nitrogens is 4. The van der Waals surface area contributed by atoms with E-state index in [0.717, 1.165) is 31.7 Å². The lowest BCUT2D eigenvalue weighted by atomic mass is 10.2. The Balaban J connectivity index is 1.44. The minimum Gasteiger partial charge on any atom is -0.354 e. The van der Waals surface area contributed by atoms with Crippen LogP contribution in [0, 0.1) is 0 Å². The van der Waals surface area contributed by atoms with Gasteiger partial charge in [-0.15, -0.1) is 0 Å². The molecule has 2 fully saturated rings. The third-order valence-electron chi connectivity index (χ3n) is 5.79. The highest BCUT2D eigenvalue weighted by Gasteiger charge is 2.35. The first-order valence-electron chi connectivity index (χ1n) is 9.90. The first-order valence-corrected chi connectivity index (χ1v) is 9.90. The zero-order valence-electron chi connectivity index (χ0n) is 16.2. The Bertz CT molecular complexity index is 870. The van der Waals surface area contributed by atoms with Gasteiger partial charge < -0.3 is 10.2 Å². The van der Waals surface area contributed by atoms with Gasteiger partial charge in [-0.1, -0.05) is 12.8 Å². The van der Waals surface area contributed by atoms with Crippen molar-refractivity contribution < 1.29 is 18.0 Å². The number of halogens is 3. The Morgan fingerprint density at radius 2 is 1.90 bits per heavy atom. The Labute approximate surface area is 166 Å². The number of amides is 1. The van der Waals surface area contributed by atoms with Gasteiger partial charge in [-0.2, -0.15) is 27.8 Å². The van der Waals surface area contributed by atoms with Crippen molar-refractivity contribution in [3.8, 4) is 0 Å². The maximum Gasteiger partial charge on any atom is 0.433 e. The number of carbonyl (C=O) groups excluding carboxylic acids is 1. The molecule has 1 saturated heterocycles. The van der Waals surface area contributed by atoms with Crippen LogP contribution in [0.2, 0.25) is 0 Å². The van der Waals surface area contributed by atoms with Gasteiger partial charge in [-0.25, -0.2) is 4.98 Å². The molecular weight excluding hydrogens is 387 g/mol. The third-order valence-corrected chi connectivity index (χ3v) is 5.79. The van der Waals surface area contributed by atoms with Gasteiger partial charge in [0, 0.05) is 38.3 Å². The molecule has 2 aliphatic rings. The minimum atomic E-state index is -4.56. The summed E-state index contributed by atoms with van der Waals surface area (Å²) in [5.41, 5.74) is -0.986. The molecule has 4 rings (SSSR count). The van der Waals surface area contributed by atoms with Crippen LogP contribution in [-0.4, -0.2) is 68.7 Å². The molecule has 1 aliphatic heterocycles. The summed E-state index contributed by atoms with van der Waals surface area (Å²) >= 11 is 0. The van der Waals surface area contributed by atoms with E-state index in [0.29, 0.717) is 32.0 Å². The third kappa shape index (κ3) is 4.14. The van der Waals surface area contributed by atoms with E-state index in [1.807, 2.05) is 11.8 Å². The normalized spacial score (nSPS) is 20.3. The number of hydrogen-bond acceptors (Lipinski definition) is 6. The predicted molar refractivity (Wildman–Crippen MR) is 99.4 cm³/mol. The standard InChI is InChI=1S/C18H24F3N7O/c1-12(16(29)24-13-4-2-3-5-13)26-6-8-27(9-7-26)15-10-14(18(19,20)21)25-17-22-11-23-28(15)17/h10-13H,2-9H2,1H3,(H,24,29). The van der Waals surface area contributed by atoms with Crippen molar-refractivity contribution in [1.29, 1.82) is 0 Å². The number of nitrogens with one attached hydrogen (secondary N) is 1. The van der Waals surface area contributed by atoms with E-state index in [9.17, 15) is 18.0 Å². The maximum absolute atomic E-state index is 13.2. The van der Waals surface area contributed by atoms with Gasteiger partial charge in [0.15, 0.2) is 5.69 Å². The lowest BCUT2D eigenvalue weighted by Crippen LogP contribution is -2.55. The van der Waals surface area contributed by atoms with Crippen LogP contribution in [0.4, 0.5) is 19.0 Å². The number of alkyl halides is 3. The first kappa shape index (κ1) is 19.9. The molecule has 158 valence electrons. The lowest BCUT2D eigenvalue weighted by Gasteiger charge is -2.38. The van der Waals surface area contributed by atoms with Gasteiger partial charge in [0.2, 0.25) is 5.91 Å². The molecule has 8 nitrogen and oxygen atoms in total. The SMILES string of the molecule is CC(C(=O)NC1CCCC1)N1CCN(c2cc(C(F)(F)F)nc3ncnn23)CC1. The van der Waals surface area contributed by atoms with Gasteiger partial charge >= 0.3 is 6.18 Å². The number of anilines is 1. The molecular formula is C18H24F3N7O. The molecule has 1 atom stereocenters. The number of nitrogens with zero attached hydrogens (tertiary/aromatic N) is 6. The molecule has 3 heterocycles. The van der Waals surface area contributed by atoms with Gasteiger partial charge in [0.1, 0.15) is 12.1 Å². The van der Waals surface area contributed by atoms with E-state index < -0.39 is 11.9 Å². The number of hydrogen-bond donors (Lipinski definition) is 1. The summed E-state index contributed by atoms with van der Waals surface area (Å²) in [5, 5.41) is 7.13. The second-order valence-corrected chi connectivity index (χ2v) is 7.66. The topological polar surface area (TPSA) is 78.7 Å². The van der Waals surface area contributed by atoms with Crippen molar-refractivity contribution in [2.45, 2.75) is 50.9 Å². The molecule has 0 bridgehead atoms. The highest BCUT2D eigenvalue weighted by molar-refractivity contribution is 5.81. The molecule has 0 radical (unpaired) electrons. The summed E-state index contributed by atoms with van der Waals surface area (Å²) in [6.07, 6.45) is 1.00. The molecule has 2 aromatic heterocycles. The zero-order valence-corrected chi connectivity index (χ0v) is 16.2. The van der Waals surface area contributed by atoms with Crippen molar-refractivity contribution in [1.82, 2.24) is 29.8 Å². The van der Waals surface area contributed by atoms with Crippen LogP contribution < -0.4 is 10.2 Å². The molecule has 11 heteroatoms. The average Bonchev–Trinajstić information content (AvgIpc) is 3.37. The van der Waals surface area contributed by atoms with Crippen molar-refractivity contribution in [2.24, 2.45) is 0 Å². The first-order chi connectivity index (χ1) is 13.8. The van der Waals surface area contributed by atoms with Crippen LogP contribution in [0.3, 0.4) is 0 Å². The highest BCUT2D eigenvalue weighted by atomic mass is 19.4. The Morgan fingerprint density at radius 3 is 2.55 bits per heavy atom. The van der Waals surface area contributed by atoms with Crippen molar-refractivity contribution >= 4 is 17.5 Å². The molecule has 1 saturated carbocycles. The average molecular weight is 411 g/mol. The lowest BCUT2D eigenvalue weighted by molar-refractivity contribution is -0.141. The van der Waals surface area contributed by atoms with Gasteiger partial charge in [0.05, 0.1) is 6.04 Å². The van der Waals surface area contributed by atoms with Crippen LogP contribution >= 0.6 is 0 Å². The number of piperazine rings is 1. The van der Waals surface area contributed by atoms with Crippen LogP contribution in [0.15, 0.2) is 12.4 Å². The molecule has 0 spiro atoms. The minimum absolute atomic E-state index is 0.0206. The summed E-state index contributed by atoms with van der Waals surface area (Å²) in [4.78, 5) is 23.8. The largest absolute Gasteiger partial charge is 0.433 e. The molecule has 29 heavy (non-hydrogen) atoms. The van der Waals surface area contributed by atoms with Crippen LogP contribution in [0.5, 0.6) is 0 Å². The molecule has 1 aliphatic carbocycles.